The molecule has 0 aromatic heterocycles. The maximum Gasteiger partial charge on any atom is 0.326 e. The molecule has 1 aliphatic heterocycles. The monoisotopic (exact) mass is 390 g/mol. The fourth-order valence-corrected chi connectivity index (χ4v) is 3.39. The van der Waals surface area contributed by atoms with E-state index in [0.29, 0.717) is 23.6 Å². The van der Waals surface area contributed by atoms with Crippen LogP contribution in [0.3, 0.4) is 0 Å². The van der Waals surface area contributed by atoms with E-state index in [9.17, 15) is 19.2 Å². The van der Waals surface area contributed by atoms with Gasteiger partial charge in [0, 0.05) is 10.7 Å². The van der Waals surface area contributed by atoms with Crippen LogP contribution >= 0.6 is 11.6 Å². The molecule has 0 bridgehead atoms. The summed E-state index contributed by atoms with van der Waals surface area (Å²) in [6.45, 7) is 0.839. The maximum atomic E-state index is 12.3. The first-order chi connectivity index (χ1) is 12.9. The largest absolute Gasteiger partial charge is 0.454 e. The number of nitrogens with one attached hydrogen (secondary N) is 1. The summed E-state index contributed by atoms with van der Waals surface area (Å²) in [6.07, 6.45) is 4.75. The Hall–Kier alpha value is -2.67. The van der Waals surface area contributed by atoms with E-state index in [4.69, 9.17) is 16.3 Å². The molecule has 1 aliphatic carbocycles. The van der Waals surface area contributed by atoms with Crippen molar-refractivity contribution in [2.75, 3.05) is 18.5 Å². The SMILES string of the molecule is Cc1ccc(NC(=O)COC(=O)CN2C(=O)[C@@H]3CC=CC[C@H]3C2=O)cc1Cl. The number of allylic oxidation sites excluding steroid dienone is 2. The average molecular weight is 391 g/mol. The maximum absolute atomic E-state index is 12.3. The Kier molecular flexibility index (Phi) is 5.60. The van der Waals surface area contributed by atoms with Gasteiger partial charge in [0.2, 0.25) is 11.8 Å². The van der Waals surface area contributed by atoms with E-state index in [-0.39, 0.29) is 11.8 Å². The molecule has 1 N–H and O–H groups in total. The lowest BCUT2D eigenvalue weighted by Crippen LogP contribution is -2.37. The van der Waals surface area contributed by atoms with Crippen LogP contribution in [0.4, 0.5) is 5.69 Å². The van der Waals surface area contributed by atoms with Crippen LogP contribution in [0, 0.1) is 18.8 Å². The number of esters is 1. The van der Waals surface area contributed by atoms with Gasteiger partial charge in [0.25, 0.3) is 5.91 Å². The van der Waals surface area contributed by atoms with Crippen LogP contribution in [0.15, 0.2) is 30.4 Å². The van der Waals surface area contributed by atoms with Gasteiger partial charge in [-0.3, -0.25) is 24.1 Å². The molecule has 7 nitrogen and oxygen atoms in total. The highest BCUT2D eigenvalue weighted by atomic mass is 35.5. The Labute approximate surface area is 161 Å². The van der Waals surface area contributed by atoms with Gasteiger partial charge < -0.3 is 10.1 Å². The molecule has 0 saturated carbocycles. The summed E-state index contributed by atoms with van der Waals surface area (Å²) in [6, 6.07) is 5.02. The number of amides is 3. The van der Waals surface area contributed by atoms with Gasteiger partial charge in [-0.25, -0.2) is 0 Å². The molecule has 27 heavy (non-hydrogen) atoms. The minimum atomic E-state index is -0.805. The number of hydrogen-bond acceptors (Lipinski definition) is 5. The highest BCUT2D eigenvalue weighted by Gasteiger charge is 2.47. The van der Waals surface area contributed by atoms with Crippen molar-refractivity contribution in [3.05, 3.63) is 40.9 Å². The van der Waals surface area contributed by atoms with Crippen LogP contribution in [0.5, 0.6) is 0 Å². The molecule has 142 valence electrons. The predicted molar refractivity (Wildman–Crippen MR) is 97.9 cm³/mol. The number of benzene rings is 1. The number of halogens is 1. The number of nitrogens with zero attached hydrogens (tertiary/aromatic N) is 1. The lowest BCUT2D eigenvalue weighted by atomic mass is 9.85. The highest BCUT2D eigenvalue weighted by Crippen LogP contribution is 2.34. The van der Waals surface area contributed by atoms with E-state index < -0.39 is 36.9 Å². The Morgan fingerprint density at radius 1 is 1.19 bits per heavy atom. The van der Waals surface area contributed by atoms with E-state index in [1.165, 1.54) is 0 Å². The van der Waals surface area contributed by atoms with Crippen molar-refractivity contribution in [2.24, 2.45) is 11.8 Å². The number of imide groups is 1. The van der Waals surface area contributed by atoms with Crippen LogP contribution in [-0.2, 0) is 23.9 Å². The number of likely N-dealkylation sites (tertiary alicyclic amines) is 1. The Bertz CT molecular complexity index is 809. The number of aryl methyl sites for hydroxylation is 1. The van der Waals surface area contributed by atoms with E-state index in [1.807, 2.05) is 19.1 Å². The van der Waals surface area contributed by atoms with Crippen LogP contribution < -0.4 is 5.32 Å². The molecule has 2 atom stereocenters. The van der Waals surface area contributed by atoms with Gasteiger partial charge >= 0.3 is 5.97 Å². The van der Waals surface area contributed by atoms with Crippen LogP contribution in [0.2, 0.25) is 5.02 Å². The standard InChI is InChI=1S/C19H19ClN2O5/c1-11-6-7-12(8-15(11)20)21-16(23)10-27-17(24)9-22-18(25)13-4-2-3-5-14(13)19(22)26/h2-3,6-8,13-14H,4-5,9-10H2,1H3,(H,21,23)/t13-,14-/m1/s1. The van der Waals surface area contributed by atoms with Crippen molar-refractivity contribution in [1.29, 1.82) is 0 Å². The number of fused-ring (bicyclic) bond motifs is 1. The highest BCUT2D eigenvalue weighted by molar-refractivity contribution is 6.31. The molecule has 1 heterocycles. The summed E-state index contributed by atoms with van der Waals surface area (Å²) in [4.78, 5) is 49.4. The first-order valence-electron chi connectivity index (χ1n) is 8.58. The quantitative estimate of drug-likeness (QED) is 0.472. The summed E-state index contributed by atoms with van der Waals surface area (Å²) in [5, 5.41) is 3.07. The fraction of sp³-hybridized carbons (Fsp3) is 0.368. The van der Waals surface area contributed by atoms with Crippen LogP contribution in [0.1, 0.15) is 18.4 Å². The molecule has 0 unspecified atom stereocenters. The molecule has 1 aromatic carbocycles. The van der Waals surface area contributed by atoms with Crippen molar-refractivity contribution in [3.63, 3.8) is 0 Å². The molecule has 1 fully saturated rings. The van der Waals surface area contributed by atoms with Gasteiger partial charge in [-0.2, -0.15) is 0 Å². The van der Waals surface area contributed by atoms with Gasteiger partial charge in [0.1, 0.15) is 6.54 Å². The third-order valence-electron chi connectivity index (χ3n) is 4.71. The second kappa shape index (κ2) is 7.92. The Morgan fingerprint density at radius 2 is 1.81 bits per heavy atom. The lowest BCUT2D eigenvalue weighted by molar-refractivity contribution is -0.154. The molecule has 3 amide bonds. The number of carbonyl (C=O) groups excluding carboxylic acids is 4. The second-order valence-corrected chi connectivity index (χ2v) is 7.00. The zero-order valence-electron chi connectivity index (χ0n) is 14.7. The van der Waals surface area contributed by atoms with E-state index in [1.54, 1.807) is 18.2 Å². The minimum absolute atomic E-state index is 0.356. The lowest BCUT2D eigenvalue weighted by Gasteiger charge is -2.14. The van der Waals surface area contributed by atoms with E-state index >= 15 is 0 Å². The summed E-state index contributed by atoms with van der Waals surface area (Å²) >= 11 is 5.99. The third kappa shape index (κ3) is 4.19. The van der Waals surface area contributed by atoms with Crippen molar-refractivity contribution >= 4 is 41.0 Å². The summed E-state index contributed by atoms with van der Waals surface area (Å²) in [7, 11) is 0. The zero-order chi connectivity index (χ0) is 19.6. The third-order valence-corrected chi connectivity index (χ3v) is 5.11. The van der Waals surface area contributed by atoms with Crippen LogP contribution in [-0.4, -0.2) is 41.7 Å². The molecule has 0 spiro atoms. The summed E-state index contributed by atoms with van der Waals surface area (Å²) < 4.78 is 4.90. The molecule has 8 heteroatoms. The van der Waals surface area contributed by atoms with Crippen LogP contribution in [0.25, 0.3) is 0 Å². The molecule has 2 aliphatic rings. The molecule has 1 saturated heterocycles. The van der Waals surface area contributed by atoms with Crippen molar-refractivity contribution in [3.8, 4) is 0 Å². The molecular formula is C19H19ClN2O5. The number of rotatable bonds is 5. The van der Waals surface area contributed by atoms with Crippen molar-refractivity contribution in [1.82, 2.24) is 4.90 Å². The number of ether oxygens (including phenoxy) is 1. The number of hydrogen-bond donors (Lipinski definition) is 1. The van der Waals surface area contributed by atoms with Gasteiger partial charge in [-0.05, 0) is 37.5 Å². The van der Waals surface area contributed by atoms with Gasteiger partial charge in [0.05, 0.1) is 11.8 Å². The number of anilines is 1. The molecule has 0 radical (unpaired) electrons. The molecular weight excluding hydrogens is 372 g/mol. The Balaban J connectivity index is 1.49. The van der Waals surface area contributed by atoms with Crippen molar-refractivity contribution < 1.29 is 23.9 Å². The first kappa shape index (κ1) is 19.1. The number of carbonyl (C=O) groups is 4. The molecule has 3 rings (SSSR count). The topological polar surface area (TPSA) is 92.8 Å². The fourth-order valence-electron chi connectivity index (χ4n) is 3.21. The van der Waals surface area contributed by atoms with E-state index in [0.717, 1.165) is 10.5 Å². The van der Waals surface area contributed by atoms with E-state index in [2.05, 4.69) is 5.32 Å². The summed E-state index contributed by atoms with van der Waals surface area (Å²) in [5.74, 6) is -2.86. The first-order valence-corrected chi connectivity index (χ1v) is 8.96. The minimum Gasteiger partial charge on any atom is -0.454 e. The second-order valence-electron chi connectivity index (χ2n) is 6.59. The van der Waals surface area contributed by atoms with Gasteiger partial charge in [-0.15, -0.1) is 0 Å². The van der Waals surface area contributed by atoms with Gasteiger partial charge in [0.15, 0.2) is 6.61 Å². The smallest absolute Gasteiger partial charge is 0.326 e. The average Bonchev–Trinajstić information content (AvgIpc) is 2.88. The zero-order valence-corrected chi connectivity index (χ0v) is 15.5. The normalized spacial score (nSPS) is 21.2. The molecule has 1 aromatic rings. The van der Waals surface area contributed by atoms with Gasteiger partial charge in [-0.1, -0.05) is 29.8 Å². The predicted octanol–water partition coefficient (Wildman–Crippen LogP) is 2.08. The van der Waals surface area contributed by atoms with Crippen molar-refractivity contribution in [2.45, 2.75) is 19.8 Å². The Morgan fingerprint density at radius 3 is 2.41 bits per heavy atom. The summed E-state index contributed by atoms with van der Waals surface area (Å²) in [5.41, 5.74) is 1.35.